The number of piperidine rings is 1. The van der Waals surface area contributed by atoms with Gasteiger partial charge in [-0.1, -0.05) is 6.07 Å². The van der Waals surface area contributed by atoms with Crippen LogP contribution in [0.5, 0.6) is 5.75 Å². The minimum absolute atomic E-state index is 0.0462. The lowest BCUT2D eigenvalue weighted by Gasteiger charge is -2.25. The van der Waals surface area contributed by atoms with E-state index in [0.29, 0.717) is 0 Å². The van der Waals surface area contributed by atoms with Crippen LogP contribution in [0.1, 0.15) is 18.4 Å². The molecule has 130 valence electrons. The van der Waals surface area contributed by atoms with E-state index < -0.39 is 5.82 Å². The topological polar surface area (TPSA) is 57.9 Å². The number of hydrogen-bond donors (Lipinski definition) is 1. The first-order valence-electron chi connectivity index (χ1n) is 8.70. The van der Waals surface area contributed by atoms with Crippen molar-refractivity contribution in [3.8, 4) is 22.9 Å². The van der Waals surface area contributed by atoms with Gasteiger partial charge < -0.3 is 10.1 Å². The number of fused-ring (bicyclic) bond motifs is 1. The van der Waals surface area contributed by atoms with Crippen LogP contribution in [-0.2, 0) is 0 Å². The van der Waals surface area contributed by atoms with Crippen LogP contribution in [0.4, 0.5) is 4.39 Å². The number of halogens is 1. The van der Waals surface area contributed by atoms with Crippen LogP contribution in [0.25, 0.3) is 21.9 Å². The number of aromatic nitrogens is 1. The summed E-state index contributed by atoms with van der Waals surface area (Å²) in [5, 5.41) is 14.2. The first kappa shape index (κ1) is 16.5. The fraction of sp³-hybridized carbons (Fsp3) is 0.238. The van der Waals surface area contributed by atoms with Crippen molar-refractivity contribution >= 4 is 10.8 Å². The summed E-state index contributed by atoms with van der Waals surface area (Å²) in [6, 6.07) is 12.4. The SMILES string of the molecule is N#Cc1ccc(-c2cc(OC3CCNCC3)c3cnccc3c2)cc1F. The van der Waals surface area contributed by atoms with Gasteiger partial charge in [0.2, 0.25) is 0 Å². The van der Waals surface area contributed by atoms with Crippen LogP contribution < -0.4 is 10.1 Å². The number of hydrogen-bond acceptors (Lipinski definition) is 4. The number of ether oxygens (including phenoxy) is 1. The van der Waals surface area contributed by atoms with Crippen molar-refractivity contribution in [3.05, 3.63) is 60.2 Å². The summed E-state index contributed by atoms with van der Waals surface area (Å²) in [7, 11) is 0. The van der Waals surface area contributed by atoms with Gasteiger partial charge in [0, 0.05) is 17.8 Å². The molecule has 0 bridgehead atoms. The Morgan fingerprint density at radius 1 is 1.12 bits per heavy atom. The Labute approximate surface area is 151 Å². The highest BCUT2D eigenvalue weighted by Crippen LogP contribution is 2.34. The van der Waals surface area contributed by atoms with Crippen molar-refractivity contribution in [2.24, 2.45) is 0 Å². The lowest BCUT2D eigenvalue weighted by atomic mass is 10.00. The second-order valence-electron chi connectivity index (χ2n) is 6.44. The zero-order valence-corrected chi connectivity index (χ0v) is 14.2. The molecular weight excluding hydrogens is 329 g/mol. The minimum atomic E-state index is -0.513. The molecule has 0 spiro atoms. The van der Waals surface area contributed by atoms with Gasteiger partial charge in [0.05, 0.1) is 5.56 Å². The summed E-state index contributed by atoms with van der Waals surface area (Å²) < 4.78 is 20.3. The van der Waals surface area contributed by atoms with Gasteiger partial charge in [0.15, 0.2) is 0 Å². The van der Waals surface area contributed by atoms with E-state index in [9.17, 15) is 4.39 Å². The van der Waals surface area contributed by atoms with E-state index in [0.717, 1.165) is 53.6 Å². The summed E-state index contributed by atoms with van der Waals surface area (Å²) in [6.07, 6.45) is 5.61. The highest BCUT2D eigenvalue weighted by Gasteiger charge is 2.17. The summed E-state index contributed by atoms with van der Waals surface area (Å²) in [6.45, 7) is 1.89. The molecule has 0 aliphatic carbocycles. The Bertz CT molecular complexity index is 990. The van der Waals surface area contributed by atoms with Crippen molar-refractivity contribution in [1.29, 1.82) is 5.26 Å². The average Bonchev–Trinajstić information content (AvgIpc) is 2.68. The maximum Gasteiger partial charge on any atom is 0.141 e. The van der Waals surface area contributed by atoms with Crippen LogP contribution >= 0.6 is 0 Å². The van der Waals surface area contributed by atoms with Crippen LogP contribution in [0, 0.1) is 17.1 Å². The predicted octanol–water partition coefficient (Wildman–Crippen LogP) is 4.04. The summed E-state index contributed by atoms with van der Waals surface area (Å²) in [5.74, 6) is 0.253. The van der Waals surface area contributed by atoms with E-state index in [1.54, 1.807) is 18.5 Å². The first-order valence-corrected chi connectivity index (χ1v) is 8.70. The van der Waals surface area contributed by atoms with Crippen molar-refractivity contribution in [3.63, 3.8) is 0 Å². The van der Waals surface area contributed by atoms with Crippen LogP contribution in [-0.4, -0.2) is 24.2 Å². The zero-order valence-electron chi connectivity index (χ0n) is 14.2. The predicted molar refractivity (Wildman–Crippen MR) is 98.4 cm³/mol. The molecular formula is C21H18FN3O. The molecule has 1 aromatic heterocycles. The fourth-order valence-electron chi connectivity index (χ4n) is 3.31. The summed E-state index contributed by atoms with van der Waals surface area (Å²) >= 11 is 0. The third-order valence-electron chi connectivity index (χ3n) is 4.72. The molecule has 1 aliphatic heterocycles. The number of rotatable bonds is 3. The van der Waals surface area contributed by atoms with Crippen molar-refractivity contribution in [2.45, 2.75) is 18.9 Å². The quantitative estimate of drug-likeness (QED) is 0.777. The van der Waals surface area contributed by atoms with Gasteiger partial charge in [0.1, 0.15) is 23.7 Å². The number of benzene rings is 2. The molecule has 1 N–H and O–H groups in total. The molecule has 1 saturated heterocycles. The summed E-state index contributed by atoms with van der Waals surface area (Å²) in [5.41, 5.74) is 1.62. The average molecular weight is 347 g/mol. The van der Waals surface area contributed by atoms with Gasteiger partial charge in [-0.2, -0.15) is 5.26 Å². The Hall–Kier alpha value is -2.97. The van der Waals surface area contributed by atoms with E-state index >= 15 is 0 Å². The second-order valence-corrected chi connectivity index (χ2v) is 6.44. The Morgan fingerprint density at radius 2 is 1.96 bits per heavy atom. The van der Waals surface area contributed by atoms with Gasteiger partial charge >= 0.3 is 0 Å². The molecule has 26 heavy (non-hydrogen) atoms. The first-order chi connectivity index (χ1) is 12.7. The maximum atomic E-state index is 14.1. The Morgan fingerprint density at radius 3 is 2.73 bits per heavy atom. The third kappa shape index (κ3) is 3.24. The van der Waals surface area contributed by atoms with Gasteiger partial charge in [0.25, 0.3) is 0 Å². The normalized spacial score (nSPS) is 14.9. The van der Waals surface area contributed by atoms with Gasteiger partial charge in [-0.15, -0.1) is 0 Å². The van der Waals surface area contributed by atoms with Crippen molar-refractivity contribution in [1.82, 2.24) is 10.3 Å². The van der Waals surface area contributed by atoms with Gasteiger partial charge in [-0.25, -0.2) is 4.39 Å². The largest absolute Gasteiger partial charge is 0.490 e. The molecule has 4 rings (SSSR count). The fourth-order valence-corrected chi connectivity index (χ4v) is 3.31. The highest BCUT2D eigenvalue weighted by atomic mass is 19.1. The van der Waals surface area contributed by atoms with Crippen LogP contribution in [0.2, 0.25) is 0 Å². The molecule has 1 fully saturated rings. The second kappa shape index (κ2) is 7.11. The molecule has 2 aromatic carbocycles. The smallest absolute Gasteiger partial charge is 0.141 e. The van der Waals surface area contributed by atoms with Gasteiger partial charge in [-0.05, 0) is 72.8 Å². The number of nitrogens with zero attached hydrogens (tertiary/aromatic N) is 2. The Balaban J connectivity index is 1.78. The molecule has 3 aromatic rings. The van der Waals surface area contributed by atoms with E-state index in [4.69, 9.17) is 10.00 Å². The van der Waals surface area contributed by atoms with Crippen LogP contribution in [0.15, 0.2) is 48.8 Å². The van der Waals surface area contributed by atoms with Gasteiger partial charge in [-0.3, -0.25) is 4.98 Å². The summed E-state index contributed by atoms with van der Waals surface area (Å²) in [4.78, 5) is 4.22. The van der Waals surface area contributed by atoms with Crippen molar-refractivity contribution in [2.75, 3.05) is 13.1 Å². The molecule has 0 amide bonds. The standard InChI is InChI=1S/C21H18FN3O/c22-20-10-14(1-2-16(20)12-23)17-9-15-3-6-25-13-19(15)21(11-17)26-18-4-7-24-8-5-18/h1-3,6,9-11,13,18,24H,4-5,7-8H2. The molecule has 0 saturated carbocycles. The van der Waals surface area contributed by atoms with E-state index in [1.807, 2.05) is 24.3 Å². The Kier molecular flexibility index (Phi) is 4.51. The highest BCUT2D eigenvalue weighted by molar-refractivity contribution is 5.92. The molecule has 0 atom stereocenters. The molecule has 2 heterocycles. The lowest BCUT2D eigenvalue weighted by Crippen LogP contribution is -2.34. The zero-order chi connectivity index (χ0) is 17.9. The van der Waals surface area contributed by atoms with E-state index in [-0.39, 0.29) is 11.7 Å². The number of nitrogens with one attached hydrogen (secondary N) is 1. The number of pyridine rings is 1. The molecule has 4 nitrogen and oxygen atoms in total. The number of nitriles is 1. The van der Waals surface area contributed by atoms with E-state index in [1.165, 1.54) is 12.1 Å². The third-order valence-corrected chi connectivity index (χ3v) is 4.72. The molecule has 1 aliphatic rings. The lowest BCUT2D eigenvalue weighted by molar-refractivity contribution is 0.164. The monoisotopic (exact) mass is 347 g/mol. The molecule has 5 heteroatoms. The van der Waals surface area contributed by atoms with Crippen LogP contribution in [0.3, 0.4) is 0 Å². The van der Waals surface area contributed by atoms with Crippen molar-refractivity contribution < 1.29 is 9.13 Å². The van der Waals surface area contributed by atoms with E-state index in [2.05, 4.69) is 10.3 Å². The maximum absolute atomic E-state index is 14.1. The molecule has 0 unspecified atom stereocenters. The molecule has 0 radical (unpaired) electrons. The minimum Gasteiger partial charge on any atom is -0.490 e.